The smallest absolute Gasteiger partial charge is 0.00108 e. The Morgan fingerprint density at radius 3 is 0.723 bits per heavy atom. The maximum absolute atomic E-state index is 4.25. The Kier molecular flexibility index (Phi) is 111. The topological polar surface area (TPSA) is 0 Å². The summed E-state index contributed by atoms with van der Waals surface area (Å²) in [4.78, 5) is 0. The van der Waals surface area contributed by atoms with E-state index >= 15 is 0 Å². The molecule has 0 heterocycles. The van der Waals surface area contributed by atoms with Crippen molar-refractivity contribution >= 4 is 23.3 Å². The van der Waals surface area contributed by atoms with Gasteiger partial charge < -0.3 is 0 Å². The number of hydrogen-bond acceptors (Lipinski definition) is 0. The van der Waals surface area contributed by atoms with E-state index in [1.807, 2.05) is 179 Å². The van der Waals surface area contributed by atoms with Gasteiger partial charge in [0.05, 0.1) is 0 Å². The Labute approximate surface area is 592 Å². The molecular weight excluding hydrogens is 1130 g/mol. The second kappa shape index (κ2) is 89.4. The first-order valence-electron chi connectivity index (χ1n) is 32.5. The first kappa shape index (κ1) is 117. The second-order valence-electron chi connectivity index (χ2n) is 16.5. The number of hydrogen-bond donors (Lipinski definition) is 0. The van der Waals surface area contributed by atoms with Crippen molar-refractivity contribution in [1.82, 2.24) is 0 Å². The van der Waals surface area contributed by atoms with E-state index in [0.717, 1.165) is 37.7 Å². The summed E-state index contributed by atoms with van der Waals surface area (Å²) >= 11 is 0. The fourth-order valence-electron chi connectivity index (χ4n) is 7.65. The Hall–Kier alpha value is -7.80. The third-order valence-electron chi connectivity index (χ3n) is 11.5. The summed E-state index contributed by atoms with van der Waals surface area (Å²) < 4.78 is 0. The average molecular weight is 1280 g/mol. The summed E-state index contributed by atoms with van der Waals surface area (Å²) in [7, 11) is 0. The van der Waals surface area contributed by atoms with Gasteiger partial charge in [0.25, 0.3) is 0 Å². The fourth-order valence-corrected chi connectivity index (χ4v) is 7.65. The van der Waals surface area contributed by atoms with Crippen LogP contribution in [0, 0.1) is 6.92 Å². The zero-order valence-electron chi connectivity index (χ0n) is 57.3. The van der Waals surface area contributed by atoms with E-state index < -0.39 is 0 Å². The summed E-state index contributed by atoms with van der Waals surface area (Å²) in [6.07, 6.45) is 9.76. The molecule has 9 aromatic carbocycles. The monoisotopic (exact) mass is 1280 g/mol. The average Bonchev–Trinajstić information content (AvgIpc) is 0.800. The molecule has 0 saturated carbocycles. The molecule has 0 N–H and O–H groups in total. The third-order valence-corrected chi connectivity index (χ3v) is 11.5. The molecule has 0 radical (unpaired) electrons. The molecule has 94 heavy (non-hydrogen) atoms. The SMILES string of the molecule is C.C.C.C.C.C.C.C.C.C(=C\c1ccccc1)/c1ccccc1.C=C1C(C)=C(c2ccccc2)Cc2ccccc21.CC.CC.CC.CC.CC.CC.CC.CC.CC.Cc1ccccc1.c1ccc(CCc2ccccc2)cc1.c1ccc(CCc2ccccc2)cc1. The summed E-state index contributed by atoms with van der Waals surface area (Å²) in [6.45, 7) is 44.5. The van der Waals surface area contributed by atoms with Crippen LogP contribution in [0.2, 0.25) is 0 Å². The van der Waals surface area contributed by atoms with Crippen LogP contribution in [0.5, 0.6) is 0 Å². The van der Waals surface area contributed by atoms with Crippen molar-refractivity contribution in [3.63, 3.8) is 0 Å². The van der Waals surface area contributed by atoms with Crippen LogP contribution in [0.15, 0.2) is 279 Å². The predicted molar refractivity (Wildman–Crippen MR) is 455 cm³/mol. The number of benzene rings is 9. The molecule has 0 nitrogen and oxygen atoms in total. The minimum Gasteiger partial charge on any atom is -0.0909 e. The predicted octanol–water partition coefficient (Wildman–Crippen LogP) is 32.5. The summed E-state index contributed by atoms with van der Waals surface area (Å²) in [6, 6.07) is 92.6. The Morgan fingerprint density at radius 1 is 0.266 bits per heavy atom. The van der Waals surface area contributed by atoms with E-state index in [2.05, 4.69) is 245 Å². The van der Waals surface area contributed by atoms with Gasteiger partial charge in [-0.3, -0.25) is 0 Å². The van der Waals surface area contributed by atoms with Gasteiger partial charge in [0.1, 0.15) is 0 Å². The Bertz CT molecular complexity index is 2570. The molecule has 0 unspecified atom stereocenters. The van der Waals surface area contributed by atoms with Gasteiger partial charge in [0, 0.05) is 0 Å². The van der Waals surface area contributed by atoms with Gasteiger partial charge >= 0.3 is 0 Å². The van der Waals surface area contributed by atoms with Crippen molar-refractivity contribution < 1.29 is 0 Å². The Morgan fingerprint density at radius 2 is 0.479 bits per heavy atom. The van der Waals surface area contributed by atoms with E-state index in [9.17, 15) is 0 Å². The molecule has 0 aliphatic heterocycles. The van der Waals surface area contributed by atoms with Crippen LogP contribution >= 0.6 is 0 Å². The molecule has 0 aromatic heterocycles. The molecule has 0 spiro atoms. The van der Waals surface area contributed by atoms with Crippen molar-refractivity contribution in [3.05, 3.63) is 335 Å². The number of fused-ring (bicyclic) bond motifs is 1. The zero-order valence-corrected chi connectivity index (χ0v) is 57.3. The molecule has 10 rings (SSSR count). The van der Waals surface area contributed by atoms with Crippen LogP contribution in [0.3, 0.4) is 0 Å². The standard InChI is InChI=1S/C18H16.2C14H14.C14H12.C7H8.9C2H6.9CH4/c1-13-14(2)18(15-8-4-3-5-9-15)12-16-10-6-7-11-17(13)16;3*1-3-7-13(8-4-1)11-12-14-9-5-2-6-10-14;1-7-5-3-2-4-6-7;9*1-2;;;;;;;;;/h3-11H,1,12H2,2H3;2*1-10H,11-12H2;1-12H;2-6H,1H3;9*1-2H3;9*1H4/b;;;12-11+;;;;;;;;;;;;;;;;;;;. The fraction of sp³-hybridized carbons (Fsp3) is 0.362. The third kappa shape index (κ3) is 55.8. The van der Waals surface area contributed by atoms with Gasteiger partial charge in [-0.1, -0.05) is 483 Å². The molecule has 0 atom stereocenters. The molecular formula is C94H154. The van der Waals surface area contributed by atoms with Crippen LogP contribution in [-0.2, 0) is 32.1 Å². The van der Waals surface area contributed by atoms with Crippen molar-refractivity contribution in [3.8, 4) is 0 Å². The molecule has 0 heteroatoms. The molecule has 0 bridgehead atoms. The van der Waals surface area contributed by atoms with Crippen molar-refractivity contribution in [1.29, 1.82) is 0 Å². The van der Waals surface area contributed by atoms with Gasteiger partial charge in [0.15, 0.2) is 0 Å². The molecule has 0 amide bonds. The lowest BCUT2D eigenvalue weighted by molar-refractivity contribution is 0.960. The normalized spacial score (nSPS) is 8.57. The van der Waals surface area contributed by atoms with Gasteiger partial charge in [-0.25, -0.2) is 0 Å². The maximum Gasteiger partial charge on any atom is -0.00108 e. The summed E-state index contributed by atoms with van der Waals surface area (Å²) in [5, 5.41) is 0. The van der Waals surface area contributed by atoms with Crippen molar-refractivity contribution in [2.24, 2.45) is 0 Å². The first-order chi connectivity index (χ1) is 42.0. The highest BCUT2D eigenvalue weighted by Gasteiger charge is 2.19. The van der Waals surface area contributed by atoms with E-state index in [1.54, 1.807) is 0 Å². The first-order valence-corrected chi connectivity index (χ1v) is 32.5. The molecule has 1 aliphatic rings. The molecule has 530 valence electrons. The highest BCUT2D eigenvalue weighted by atomic mass is 14.2. The van der Waals surface area contributed by atoms with Crippen LogP contribution in [-0.4, -0.2) is 0 Å². The van der Waals surface area contributed by atoms with Crippen LogP contribution in [0.25, 0.3) is 23.3 Å². The highest BCUT2D eigenvalue weighted by Crippen LogP contribution is 2.38. The van der Waals surface area contributed by atoms with Crippen LogP contribution < -0.4 is 0 Å². The van der Waals surface area contributed by atoms with E-state index in [0.29, 0.717) is 0 Å². The highest BCUT2D eigenvalue weighted by molar-refractivity contribution is 5.93. The van der Waals surface area contributed by atoms with E-state index in [-0.39, 0.29) is 66.8 Å². The molecule has 9 aromatic rings. The quantitative estimate of drug-likeness (QED) is 0.126. The number of allylic oxidation sites excluding steroid dienone is 3. The van der Waals surface area contributed by atoms with Gasteiger partial charge in [0.2, 0.25) is 0 Å². The molecule has 1 aliphatic carbocycles. The summed E-state index contributed by atoms with van der Waals surface area (Å²) in [5.74, 6) is 0. The lowest BCUT2D eigenvalue weighted by Crippen LogP contribution is -2.05. The Balaban J connectivity index is -0.0000000739. The molecule has 0 saturated heterocycles. The minimum atomic E-state index is 0. The largest absolute Gasteiger partial charge is 0.0909 e. The van der Waals surface area contributed by atoms with E-state index in [1.165, 1.54) is 66.8 Å². The van der Waals surface area contributed by atoms with Crippen molar-refractivity contribution in [2.45, 2.75) is 237 Å². The van der Waals surface area contributed by atoms with Crippen LogP contribution in [0.4, 0.5) is 0 Å². The lowest BCUT2D eigenvalue weighted by atomic mass is 9.81. The van der Waals surface area contributed by atoms with Gasteiger partial charge in [-0.2, -0.15) is 0 Å². The van der Waals surface area contributed by atoms with Crippen molar-refractivity contribution in [2.75, 3.05) is 0 Å². The second-order valence-corrected chi connectivity index (χ2v) is 16.5. The van der Waals surface area contributed by atoms with Crippen LogP contribution in [0.1, 0.15) is 254 Å². The zero-order chi connectivity index (χ0) is 64.6. The lowest BCUT2D eigenvalue weighted by Gasteiger charge is -2.23. The van der Waals surface area contributed by atoms with Gasteiger partial charge in [-0.15, -0.1) is 0 Å². The number of rotatable bonds is 9. The molecule has 0 fully saturated rings. The minimum absolute atomic E-state index is 0. The van der Waals surface area contributed by atoms with E-state index in [4.69, 9.17) is 0 Å². The number of aryl methyl sites for hydroxylation is 5. The maximum atomic E-state index is 4.25. The van der Waals surface area contributed by atoms with Gasteiger partial charge in [-0.05, 0) is 113 Å². The summed E-state index contributed by atoms with van der Waals surface area (Å²) in [5.41, 5.74) is 17.3.